The molecule has 0 saturated heterocycles. The number of hydrogen-bond acceptors (Lipinski definition) is 5. The third kappa shape index (κ3) is 5.19. The van der Waals surface area contributed by atoms with E-state index in [4.69, 9.17) is 22.1 Å². The number of aryl methyl sites for hydroxylation is 1. The predicted molar refractivity (Wildman–Crippen MR) is 131 cm³/mol. The number of carbonyl (C=O) groups excluding carboxylic acids is 1. The van der Waals surface area contributed by atoms with Crippen molar-refractivity contribution in [2.24, 2.45) is 12.8 Å². The highest BCUT2D eigenvalue weighted by atomic mass is 35.5. The number of aromatic nitrogens is 2. The number of alkyl halides is 3. The van der Waals surface area contributed by atoms with Crippen LogP contribution in [0.1, 0.15) is 0 Å². The van der Waals surface area contributed by atoms with Gasteiger partial charge in [0, 0.05) is 29.7 Å². The van der Waals surface area contributed by atoms with Crippen molar-refractivity contribution >= 4 is 40.2 Å². The van der Waals surface area contributed by atoms with Crippen LogP contribution < -0.4 is 15.4 Å². The minimum Gasteiger partial charge on any atom is -0.492 e. The minimum atomic E-state index is -5.11. The second kappa shape index (κ2) is 10.1. The summed E-state index contributed by atoms with van der Waals surface area (Å²) in [5.74, 6) is -1.68. The molecule has 0 aliphatic carbocycles. The van der Waals surface area contributed by atoms with Gasteiger partial charge in [0.1, 0.15) is 12.4 Å². The third-order valence-corrected chi connectivity index (χ3v) is 6.32. The summed E-state index contributed by atoms with van der Waals surface area (Å²) in [5.41, 5.74) is 7.22. The molecule has 2 heterocycles. The highest BCUT2D eigenvalue weighted by Gasteiger charge is 2.44. The van der Waals surface area contributed by atoms with E-state index in [-0.39, 0.29) is 29.5 Å². The highest BCUT2D eigenvalue weighted by molar-refractivity contribution is 7.13. The van der Waals surface area contributed by atoms with Crippen LogP contribution in [0.25, 0.3) is 21.7 Å². The molecule has 0 spiro atoms. The number of hydrogen-bond donors (Lipinski definition) is 1. The van der Waals surface area contributed by atoms with Crippen LogP contribution in [-0.4, -0.2) is 35.0 Å². The Bertz CT molecular complexity index is 1300. The molecule has 0 saturated carbocycles. The molecular weight excluding hydrogens is 501 g/mol. The predicted octanol–water partition coefficient (Wildman–Crippen LogP) is 6.03. The Morgan fingerprint density at radius 1 is 1.17 bits per heavy atom. The molecule has 0 unspecified atom stereocenters. The molecule has 6 nitrogen and oxygen atoms in total. The Labute approximate surface area is 208 Å². The molecule has 0 atom stereocenters. The van der Waals surface area contributed by atoms with Gasteiger partial charge in [-0.05, 0) is 47.3 Å². The van der Waals surface area contributed by atoms with Gasteiger partial charge in [0.2, 0.25) is 0 Å². The molecule has 0 radical (unpaired) electrons. The summed E-state index contributed by atoms with van der Waals surface area (Å²) in [4.78, 5) is 14.2. The quantitative estimate of drug-likeness (QED) is 0.323. The number of carbonyl (C=O) groups is 1. The molecular formula is C24H20ClF3N4O2S. The average Bonchev–Trinajstić information content (AvgIpc) is 3.48. The topological polar surface area (TPSA) is 73.4 Å². The van der Waals surface area contributed by atoms with Gasteiger partial charge in [-0.3, -0.25) is 14.4 Å². The molecule has 35 heavy (non-hydrogen) atoms. The van der Waals surface area contributed by atoms with Gasteiger partial charge in [-0.25, -0.2) is 0 Å². The summed E-state index contributed by atoms with van der Waals surface area (Å²) in [5, 5.41) is 6.28. The number of thiophene rings is 1. The van der Waals surface area contributed by atoms with E-state index in [1.165, 1.54) is 52.5 Å². The van der Waals surface area contributed by atoms with E-state index >= 15 is 0 Å². The van der Waals surface area contributed by atoms with Crippen molar-refractivity contribution in [3.8, 4) is 27.4 Å². The highest BCUT2D eigenvalue weighted by Crippen LogP contribution is 2.40. The first-order chi connectivity index (χ1) is 16.7. The van der Waals surface area contributed by atoms with Crippen molar-refractivity contribution in [2.75, 3.05) is 18.1 Å². The van der Waals surface area contributed by atoms with E-state index in [0.717, 1.165) is 10.4 Å². The number of amides is 1. The van der Waals surface area contributed by atoms with Gasteiger partial charge in [-0.1, -0.05) is 29.8 Å². The summed E-state index contributed by atoms with van der Waals surface area (Å²) >= 11 is 7.82. The number of nitrogens with zero attached hydrogens (tertiary/aromatic N) is 3. The first kappa shape index (κ1) is 24.8. The van der Waals surface area contributed by atoms with Crippen LogP contribution in [0.15, 0.2) is 66.2 Å². The van der Waals surface area contributed by atoms with Crippen molar-refractivity contribution < 1.29 is 22.7 Å². The van der Waals surface area contributed by atoms with E-state index in [1.54, 1.807) is 19.2 Å². The van der Waals surface area contributed by atoms with Gasteiger partial charge in [0.05, 0.1) is 22.6 Å². The van der Waals surface area contributed by atoms with Gasteiger partial charge in [0.25, 0.3) is 0 Å². The molecule has 0 aliphatic rings. The Balaban J connectivity index is 1.84. The fraction of sp³-hybridized carbons (Fsp3) is 0.167. The fourth-order valence-corrected chi connectivity index (χ4v) is 4.58. The normalized spacial score (nSPS) is 11.5. The zero-order valence-electron chi connectivity index (χ0n) is 18.4. The van der Waals surface area contributed by atoms with Crippen molar-refractivity contribution in [2.45, 2.75) is 6.18 Å². The Kier molecular flexibility index (Phi) is 7.15. The zero-order chi connectivity index (χ0) is 25.2. The van der Waals surface area contributed by atoms with Gasteiger partial charge >= 0.3 is 12.1 Å². The van der Waals surface area contributed by atoms with Gasteiger partial charge in [-0.15, -0.1) is 11.3 Å². The standard InChI is InChI=1S/C24H20ClF3N4O2S/c1-31-22(19(25)14-30-31)18-13-17(8-9-20(18)34-11-10-29)32(23(33)24(26,27)28)16-6-4-15(5-7-16)21-3-2-12-35-21/h2-9,12-14H,10-11,29H2,1H3. The Morgan fingerprint density at radius 2 is 1.89 bits per heavy atom. The number of anilines is 2. The van der Waals surface area contributed by atoms with Crippen molar-refractivity contribution in [1.29, 1.82) is 0 Å². The second-order valence-electron chi connectivity index (χ2n) is 7.44. The number of rotatable bonds is 7. The molecule has 4 aromatic rings. The van der Waals surface area contributed by atoms with Crippen molar-refractivity contribution in [1.82, 2.24) is 9.78 Å². The first-order valence-electron chi connectivity index (χ1n) is 10.4. The lowest BCUT2D eigenvalue weighted by atomic mass is 10.1. The molecule has 0 fully saturated rings. The maximum absolute atomic E-state index is 13.7. The van der Waals surface area contributed by atoms with Crippen LogP contribution in [0, 0.1) is 0 Å². The van der Waals surface area contributed by atoms with Crippen molar-refractivity contribution in [3.63, 3.8) is 0 Å². The summed E-state index contributed by atoms with van der Waals surface area (Å²) in [6, 6.07) is 14.4. The van der Waals surface area contributed by atoms with Gasteiger partial charge in [0.15, 0.2) is 0 Å². The van der Waals surface area contributed by atoms with Crippen LogP contribution in [0.3, 0.4) is 0 Å². The maximum atomic E-state index is 13.7. The first-order valence-corrected chi connectivity index (χ1v) is 11.7. The minimum absolute atomic E-state index is 0.0106. The molecule has 1 amide bonds. The van der Waals surface area contributed by atoms with Gasteiger partial charge < -0.3 is 10.5 Å². The molecule has 11 heteroatoms. The molecule has 2 N–H and O–H groups in total. The number of halogens is 4. The Morgan fingerprint density at radius 3 is 2.46 bits per heavy atom. The number of nitrogens with two attached hydrogens (primary N) is 1. The zero-order valence-corrected chi connectivity index (χ0v) is 20.0. The maximum Gasteiger partial charge on any atom is 0.472 e. The number of ether oxygens (including phenoxy) is 1. The lowest BCUT2D eigenvalue weighted by Gasteiger charge is -2.25. The van der Waals surface area contributed by atoms with Crippen LogP contribution in [0.2, 0.25) is 5.02 Å². The largest absolute Gasteiger partial charge is 0.492 e. The van der Waals surface area contributed by atoms with Crippen LogP contribution in [0.4, 0.5) is 24.5 Å². The van der Waals surface area contributed by atoms with E-state index < -0.39 is 12.1 Å². The smallest absolute Gasteiger partial charge is 0.472 e. The van der Waals surface area contributed by atoms with Crippen LogP contribution in [-0.2, 0) is 11.8 Å². The van der Waals surface area contributed by atoms with E-state index in [9.17, 15) is 18.0 Å². The lowest BCUT2D eigenvalue weighted by molar-refractivity contribution is -0.169. The summed E-state index contributed by atoms with van der Waals surface area (Å²) in [6.45, 7) is 0.410. The van der Waals surface area contributed by atoms with Crippen molar-refractivity contribution in [3.05, 3.63) is 71.2 Å². The molecule has 0 bridgehead atoms. The van der Waals surface area contributed by atoms with Crippen LogP contribution in [0.5, 0.6) is 5.75 Å². The number of benzene rings is 2. The molecule has 4 rings (SSSR count). The fourth-order valence-electron chi connectivity index (χ4n) is 3.58. The summed E-state index contributed by atoms with van der Waals surface area (Å²) in [7, 11) is 1.64. The average molecular weight is 521 g/mol. The Hall–Kier alpha value is -3.34. The van der Waals surface area contributed by atoms with Gasteiger partial charge in [-0.2, -0.15) is 18.3 Å². The molecule has 2 aromatic heterocycles. The van der Waals surface area contributed by atoms with Crippen LogP contribution >= 0.6 is 22.9 Å². The summed E-state index contributed by atoms with van der Waals surface area (Å²) < 4.78 is 48.1. The molecule has 182 valence electrons. The monoisotopic (exact) mass is 520 g/mol. The molecule has 0 aliphatic heterocycles. The van der Waals surface area contributed by atoms with E-state index in [1.807, 2.05) is 17.5 Å². The summed E-state index contributed by atoms with van der Waals surface area (Å²) in [6.07, 6.45) is -3.69. The molecule has 2 aromatic carbocycles. The lowest BCUT2D eigenvalue weighted by Crippen LogP contribution is -2.38. The van der Waals surface area contributed by atoms with E-state index in [0.29, 0.717) is 21.9 Å². The second-order valence-corrected chi connectivity index (χ2v) is 8.80. The third-order valence-electron chi connectivity index (χ3n) is 5.12. The van der Waals surface area contributed by atoms with E-state index in [2.05, 4.69) is 5.10 Å². The SMILES string of the molecule is Cn1ncc(Cl)c1-c1cc(N(C(=O)C(F)(F)F)c2ccc(-c3cccs3)cc2)ccc1OCCN.